The van der Waals surface area contributed by atoms with E-state index in [1.165, 1.54) is 5.56 Å². The van der Waals surface area contributed by atoms with Crippen molar-refractivity contribution in [3.63, 3.8) is 0 Å². The Bertz CT molecular complexity index is 1070. The van der Waals surface area contributed by atoms with Gasteiger partial charge in [0.1, 0.15) is 0 Å². The van der Waals surface area contributed by atoms with Crippen LogP contribution < -0.4 is 10.2 Å². The number of ether oxygens (including phenoxy) is 1. The van der Waals surface area contributed by atoms with Crippen molar-refractivity contribution in [2.75, 3.05) is 24.6 Å². The fourth-order valence-electron chi connectivity index (χ4n) is 4.50. The summed E-state index contributed by atoms with van der Waals surface area (Å²) in [5, 5.41) is 3.10. The maximum absolute atomic E-state index is 13.2. The van der Waals surface area contributed by atoms with Gasteiger partial charge in [-0.05, 0) is 60.1 Å². The van der Waals surface area contributed by atoms with Gasteiger partial charge in [0.15, 0.2) is 0 Å². The number of rotatable bonds is 8. The van der Waals surface area contributed by atoms with Gasteiger partial charge in [0.2, 0.25) is 0 Å². The third-order valence-electron chi connectivity index (χ3n) is 7.20. The van der Waals surface area contributed by atoms with Crippen LogP contribution in [-0.2, 0) is 11.3 Å². The predicted molar refractivity (Wildman–Crippen MR) is 153 cm³/mol. The fourth-order valence-corrected chi connectivity index (χ4v) is 4.50. The number of hydrogen-bond acceptors (Lipinski definition) is 3. The first-order valence-corrected chi connectivity index (χ1v) is 13.3. The van der Waals surface area contributed by atoms with Crippen LogP contribution in [-0.4, -0.2) is 31.7 Å². The van der Waals surface area contributed by atoms with Gasteiger partial charge in [-0.2, -0.15) is 0 Å². The smallest absolute Gasteiger partial charge is 0.251 e. The lowest BCUT2D eigenvalue weighted by atomic mass is 9.85. The van der Waals surface area contributed by atoms with Crippen molar-refractivity contribution in [1.82, 2.24) is 5.32 Å². The Hall–Kier alpha value is -3.11. The van der Waals surface area contributed by atoms with Crippen molar-refractivity contribution in [2.24, 2.45) is 5.92 Å². The largest absolute Gasteiger partial charge is 0.373 e. The molecule has 1 aliphatic rings. The molecule has 1 aliphatic heterocycles. The van der Waals surface area contributed by atoms with Gasteiger partial charge in [0.25, 0.3) is 5.91 Å². The molecule has 1 N–H and O–H groups in total. The number of anilines is 1. The molecule has 4 heteroatoms. The molecule has 0 fully saturated rings. The number of carbonyl (C=O) groups excluding carboxylic acids is 1. The summed E-state index contributed by atoms with van der Waals surface area (Å²) in [6.07, 6.45) is 12.4. The first-order chi connectivity index (χ1) is 17.4. The van der Waals surface area contributed by atoms with Crippen LogP contribution in [0.1, 0.15) is 73.5 Å². The molecule has 0 bridgehead atoms. The van der Waals surface area contributed by atoms with Gasteiger partial charge < -0.3 is 15.0 Å². The topological polar surface area (TPSA) is 41.6 Å². The van der Waals surface area contributed by atoms with Crippen LogP contribution in [0.5, 0.6) is 0 Å². The van der Waals surface area contributed by atoms with E-state index in [-0.39, 0.29) is 12.0 Å². The number of nitrogens with zero attached hydrogens (tertiary/aromatic N) is 1. The van der Waals surface area contributed by atoms with Crippen molar-refractivity contribution in [2.45, 2.75) is 59.1 Å². The monoisotopic (exact) mass is 486 g/mol. The number of benzene rings is 2. The Labute approximate surface area is 217 Å². The maximum Gasteiger partial charge on any atom is 0.251 e. The Morgan fingerprint density at radius 2 is 2.03 bits per heavy atom. The summed E-state index contributed by atoms with van der Waals surface area (Å²) < 4.78 is 6.03. The molecule has 0 radical (unpaired) electrons. The third kappa shape index (κ3) is 7.69. The highest BCUT2D eigenvalue weighted by Crippen LogP contribution is 2.35. The van der Waals surface area contributed by atoms with Crippen molar-refractivity contribution >= 4 is 17.7 Å². The lowest BCUT2D eigenvalue weighted by molar-refractivity contribution is 0.0951. The van der Waals surface area contributed by atoms with E-state index < -0.39 is 0 Å². The summed E-state index contributed by atoms with van der Waals surface area (Å²) in [4.78, 5) is 15.6. The van der Waals surface area contributed by atoms with E-state index in [1.54, 1.807) is 0 Å². The molecule has 1 amide bonds. The average molecular weight is 487 g/mol. The lowest BCUT2D eigenvalue weighted by Gasteiger charge is -2.31. The van der Waals surface area contributed by atoms with Crippen LogP contribution >= 0.6 is 0 Å². The molecule has 0 spiro atoms. The Balaban J connectivity index is 1.87. The molecule has 36 heavy (non-hydrogen) atoms. The van der Waals surface area contributed by atoms with Crippen LogP contribution in [0, 0.1) is 5.92 Å². The van der Waals surface area contributed by atoms with E-state index in [1.807, 2.05) is 36.4 Å². The number of allylic oxidation sites excluding steroid dienone is 2. The van der Waals surface area contributed by atoms with Gasteiger partial charge >= 0.3 is 0 Å². The minimum Gasteiger partial charge on any atom is -0.373 e. The zero-order chi connectivity index (χ0) is 25.9. The van der Waals surface area contributed by atoms with E-state index in [0.717, 1.165) is 42.7 Å². The van der Waals surface area contributed by atoms with Gasteiger partial charge in [0, 0.05) is 30.9 Å². The molecule has 3 unspecified atom stereocenters. The zero-order valence-corrected chi connectivity index (χ0v) is 22.4. The van der Waals surface area contributed by atoms with Crippen LogP contribution in [0.4, 0.5) is 5.69 Å². The number of hydrogen-bond donors (Lipinski definition) is 1. The van der Waals surface area contributed by atoms with Gasteiger partial charge in [-0.3, -0.25) is 4.79 Å². The summed E-state index contributed by atoms with van der Waals surface area (Å²) in [6, 6.07) is 14.3. The Kier molecular flexibility index (Phi) is 10.6. The average Bonchev–Trinajstić information content (AvgIpc) is 2.95. The predicted octanol–water partition coefficient (Wildman–Crippen LogP) is 7.14. The summed E-state index contributed by atoms with van der Waals surface area (Å²) >= 11 is 0. The van der Waals surface area contributed by atoms with Crippen LogP contribution in [0.15, 0.2) is 73.3 Å². The SMILES string of the molecule is C=Cc1cccc(CNC(=O)c2ccc(C(C)C(C)CC)c(N3CC/C=C\C=C/C(C)OCC3)c2)c1. The second-order valence-electron chi connectivity index (χ2n) is 9.74. The minimum absolute atomic E-state index is 0.0603. The zero-order valence-electron chi connectivity index (χ0n) is 22.4. The molecule has 0 saturated heterocycles. The molecule has 1 heterocycles. The molecule has 2 aromatic carbocycles. The molecular formula is C32H42N2O2. The van der Waals surface area contributed by atoms with E-state index >= 15 is 0 Å². The summed E-state index contributed by atoms with van der Waals surface area (Å²) in [5.41, 5.74) is 5.23. The molecule has 0 saturated carbocycles. The first-order valence-electron chi connectivity index (χ1n) is 13.3. The Morgan fingerprint density at radius 3 is 2.81 bits per heavy atom. The molecule has 3 atom stereocenters. The summed E-state index contributed by atoms with van der Waals surface area (Å²) in [6.45, 7) is 15.5. The van der Waals surface area contributed by atoms with E-state index in [2.05, 4.69) is 80.9 Å². The van der Waals surface area contributed by atoms with E-state index in [4.69, 9.17) is 4.74 Å². The first kappa shape index (κ1) is 27.5. The van der Waals surface area contributed by atoms with Gasteiger partial charge in [-0.1, -0.05) is 88.4 Å². The third-order valence-corrected chi connectivity index (χ3v) is 7.20. The standard InChI is InChI=1S/C32H42N2O2/c1-6-24(3)26(5)30-17-16-29(32(35)33-23-28-15-12-14-27(7-2)21-28)22-31(30)34-18-11-9-8-10-13-25(4)36-20-19-34/h7-10,12-17,21-22,24-26H,2,6,11,18-20,23H2,1,3-5H3,(H,33,35)/b9-8-,13-10-. The summed E-state index contributed by atoms with van der Waals surface area (Å²) in [7, 11) is 0. The van der Waals surface area contributed by atoms with Crippen molar-refractivity contribution < 1.29 is 9.53 Å². The second kappa shape index (κ2) is 13.8. The number of amides is 1. The number of carbonyl (C=O) groups is 1. The fraction of sp³-hybridized carbons (Fsp3) is 0.406. The maximum atomic E-state index is 13.2. The lowest BCUT2D eigenvalue weighted by Crippen LogP contribution is -2.31. The molecular weight excluding hydrogens is 444 g/mol. The summed E-state index contributed by atoms with van der Waals surface area (Å²) in [5.74, 6) is 0.874. The highest BCUT2D eigenvalue weighted by Gasteiger charge is 2.21. The van der Waals surface area contributed by atoms with E-state index in [0.29, 0.717) is 30.6 Å². The minimum atomic E-state index is -0.0603. The van der Waals surface area contributed by atoms with Gasteiger partial charge in [0.05, 0.1) is 12.7 Å². The van der Waals surface area contributed by atoms with Crippen molar-refractivity contribution in [3.05, 3.63) is 95.6 Å². The molecule has 0 aromatic heterocycles. The molecule has 4 nitrogen and oxygen atoms in total. The van der Waals surface area contributed by atoms with Gasteiger partial charge in [-0.25, -0.2) is 0 Å². The second-order valence-corrected chi connectivity index (χ2v) is 9.74. The van der Waals surface area contributed by atoms with Crippen molar-refractivity contribution in [3.8, 4) is 0 Å². The van der Waals surface area contributed by atoms with Gasteiger partial charge in [-0.15, -0.1) is 0 Å². The molecule has 3 rings (SSSR count). The van der Waals surface area contributed by atoms with E-state index in [9.17, 15) is 4.79 Å². The van der Waals surface area contributed by atoms with Crippen LogP contribution in [0.3, 0.4) is 0 Å². The molecule has 2 aromatic rings. The van der Waals surface area contributed by atoms with Crippen LogP contribution in [0.25, 0.3) is 6.08 Å². The molecule has 0 aliphatic carbocycles. The molecule has 192 valence electrons. The normalized spacial score (nSPS) is 20.0. The van der Waals surface area contributed by atoms with Crippen molar-refractivity contribution in [1.29, 1.82) is 0 Å². The van der Waals surface area contributed by atoms with Crippen LogP contribution in [0.2, 0.25) is 0 Å². The number of nitrogens with one attached hydrogen (secondary N) is 1. The Morgan fingerprint density at radius 1 is 1.19 bits per heavy atom. The highest BCUT2D eigenvalue weighted by atomic mass is 16.5. The highest BCUT2D eigenvalue weighted by molar-refractivity contribution is 5.95. The quantitative estimate of drug-likeness (QED) is 0.431.